The second kappa shape index (κ2) is 8.26. The fraction of sp³-hybridized carbons (Fsp3) is 0.467. The van der Waals surface area contributed by atoms with Gasteiger partial charge in [0.15, 0.2) is 0 Å². The fourth-order valence-corrected chi connectivity index (χ4v) is 1.99. The molecule has 3 N–H and O–H groups in total. The molecular formula is C15H22N2O4. The van der Waals surface area contributed by atoms with Crippen LogP contribution in [0.15, 0.2) is 24.3 Å². The van der Waals surface area contributed by atoms with Gasteiger partial charge in [-0.2, -0.15) is 0 Å². The fourth-order valence-electron chi connectivity index (χ4n) is 1.99. The van der Waals surface area contributed by atoms with Crippen molar-refractivity contribution in [2.75, 3.05) is 32.5 Å². The monoisotopic (exact) mass is 294 g/mol. The van der Waals surface area contributed by atoms with Crippen LogP contribution in [-0.2, 0) is 14.3 Å². The number of amides is 1. The van der Waals surface area contributed by atoms with Gasteiger partial charge in [-0.15, -0.1) is 0 Å². The van der Waals surface area contributed by atoms with E-state index in [4.69, 9.17) is 15.6 Å². The predicted molar refractivity (Wildman–Crippen MR) is 80.0 cm³/mol. The summed E-state index contributed by atoms with van der Waals surface area (Å²) in [7, 11) is 1.51. The number of carbonyl (C=O) groups is 2. The van der Waals surface area contributed by atoms with Gasteiger partial charge < -0.3 is 20.5 Å². The number of carbonyl (C=O) groups excluding carboxylic acids is 1. The Morgan fingerprint density at radius 2 is 1.95 bits per heavy atom. The number of benzene rings is 1. The van der Waals surface area contributed by atoms with Gasteiger partial charge in [0.25, 0.3) is 0 Å². The van der Waals surface area contributed by atoms with Crippen LogP contribution in [0.1, 0.15) is 24.8 Å². The van der Waals surface area contributed by atoms with E-state index in [1.165, 1.54) is 12.0 Å². The Morgan fingerprint density at radius 3 is 2.48 bits per heavy atom. The van der Waals surface area contributed by atoms with Crippen molar-refractivity contribution in [2.45, 2.75) is 19.3 Å². The lowest BCUT2D eigenvalue weighted by Gasteiger charge is -2.22. The van der Waals surface area contributed by atoms with E-state index in [1.807, 2.05) is 19.1 Å². The van der Waals surface area contributed by atoms with Crippen LogP contribution in [0.3, 0.4) is 0 Å². The van der Waals surface area contributed by atoms with Crippen LogP contribution >= 0.6 is 0 Å². The molecule has 0 bridgehead atoms. The first-order chi connectivity index (χ1) is 9.93. The standard InChI is InChI=1S/C15H22N2O4/c1-11(12-3-5-13(16)6-4-12)9-14(18)17(7-8-21-2)10-15(19)20/h3-6,11H,7-10,16H2,1-2H3,(H,19,20). The van der Waals surface area contributed by atoms with Crippen LogP contribution in [-0.4, -0.2) is 48.7 Å². The molecule has 1 rings (SSSR count). The summed E-state index contributed by atoms with van der Waals surface area (Å²) in [6.07, 6.45) is 0.251. The number of nitrogen functional groups attached to an aromatic ring is 1. The summed E-state index contributed by atoms with van der Waals surface area (Å²) < 4.78 is 4.91. The number of anilines is 1. The van der Waals surface area contributed by atoms with Crippen molar-refractivity contribution < 1.29 is 19.4 Å². The number of carboxylic acid groups (broad SMARTS) is 1. The third-order valence-corrected chi connectivity index (χ3v) is 3.23. The van der Waals surface area contributed by atoms with Crippen molar-refractivity contribution in [3.63, 3.8) is 0 Å². The highest BCUT2D eigenvalue weighted by atomic mass is 16.5. The number of nitrogens with zero attached hydrogens (tertiary/aromatic N) is 1. The lowest BCUT2D eigenvalue weighted by Crippen LogP contribution is -2.38. The zero-order valence-corrected chi connectivity index (χ0v) is 12.4. The van der Waals surface area contributed by atoms with Crippen LogP contribution in [0.2, 0.25) is 0 Å². The minimum absolute atomic E-state index is 0.00283. The molecule has 0 aromatic heterocycles. The van der Waals surface area contributed by atoms with Crippen molar-refractivity contribution in [2.24, 2.45) is 0 Å². The van der Waals surface area contributed by atoms with Gasteiger partial charge in [0.2, 0.25) is 5.91 Å². The number of aliphatic carboxylic acids is 1. The number of carboxylic acids is 1. The van der Waals surface area contributed by atoms with Crippen LogP contribution in [0.4, 0.5) is 5.69 Å². The molecule has 0 heterocycles. The van der Waals surface area contributed by atoms with Gasteiger partial charge in [0.05, 0.1) is 6.61 Å². The number of hydrogen-bond acceptors (Lipinski definition) is 4. The molecule has 0 aliphatic heterocycles. The molecule has 6 nitrogen and oxygen atoms in total. The molecule has 0 radical (unpaired) electrons. The molecule has 116 valence electrons. The summed E-state index contributed by atoms with van der Waals surface area (Å²) in [5.74, 6) is -1.23. The largest absolute Gasteiger partial charge is 0.480 e. The van der Waals surface area contributed by atoms with Crippen molar-refractivity contribution in [1.82, 2.24) is 4.90 Å². The Bertz CT molecular complexity index is 473. The lowest BCUT2D eigenvalue weighted by molar-refractivity contribution is -0.145. The molecule has 0 spiro atoms. The second-order valence-corrected chi connectivity index (χ2v) is 4.97. The third-order valence-electron chi connectivity index (χ3n) is 3.23. The number of methoxy groups -OCH3 is 1. The Labute approximate surface area is 124 Å². The minimum atomic E-state index is -1.03. The Hall–Kier alpha value is -2.08. The molecule has 1 amide bonds. The van der Waals surface area contributed by atoms with Gasteiger partial charge in [-0.1, -0.05) is 19.1 Å². The molecule has 1 unspecified atom stereocenters. The van der Waals surface area contributed by atoms with Crippen molar-refractivity contribution in [3.05, 3.63) is 29.8 Å². The molecular weight excluding hydrogens is 272 g/mol. The Balaban J connectivity index is 2.66. The topological polar surface area (TPSA) is 92.9 Å². The molecule has 1 aromatic rings. The molecule has 0 saturated heterocycles. The predicted octanol–water partition coefficient (Wildman–Crippen LogP) is 1.32. The molecule has 6 heteroatoms. The molecule has 0 aliphatic carbocycles. The van der Waals surface area contributed by atoms with E-state index >= 15 is 0 Å². The highest BCUT2D eigenvalue weighted by Crippen LogP contribution is 2.21. The highest BCUT2D eigenvalue weighted by Gasteiger charge is 2.19. The maximum absolute atomic E-state index is 12.2. The van der Waals surface area contributed by atoms with Crippen LogP contribution in [0.5, 0.6) is 0 Å². The van der Waals surface area contributed by atoms with Gasteiger partial charge in [-0.05, 0) is 23.6 Å². The maximum atomic E-state index is 12.2. The van der Waals surface area contributed by atoms with E-state index < -0.39 is 5.97 Å². The van der Waals surface area contributed by atoms with Crippen molar-refractivity contribution >= 4 is 17.6 Å². The summed E-state index contributed by atoms with van der Waals surface area (Å²) in [5.41, 5.74) is 7.30. The molecule has 1 aromatic carbocycles. The lowest BCUT2D eigenvalue weighted by atomic mass is 9.97. The quantitative estimate of drug-likeness (QED) is 0.705. The first-order valence-corrected chi connectivity index (χ1v) is 6.78. The number of rotatable bonds is 8. The van der Waals surface area contributed by atoms with E-state index in [0.29, 0.717) is 12.3 Å². The average Bonchev–Trinajstić information content (AvgIpc) is 2.43. The van der Waals surface area contributed by atoms with Crippen LogP contribution < -0.4 is 5.73 Å². The van der Waals surface area contributed by atoms with Crippen molar-refractivity contribution in [3.8, 4) is 0 Å². The van der Waals surface area contributed by atoms with Gasteiger partial charge in [0, 0.05) is 25.8 Å². The number of nitrogens with two attached hydrogens (primary N) is 1. The van der Waals surface area contributed by atoms with Gasteiger partial charge in [-0.3, -0.25) is 9.59 Å². The van der Waals surface area contributed by atoms with Crippen LogP contribution in [0, 0.1) is 0 Å². The summed E-state index contributed by atoms with van der Waals surface area (Å²) in [6.45, 7) is 2.21. The zero-order chi connectivity index (χ0) is 15.8. The van der Waals surface area contributed by atoms with E-state index in [-0.39, 0.29) is 31.3 Å². The summed E-state index contributed by atoms with van der Waals surface area (Å²) in [4.78, 5) is 24.3. The Morgan fingerprint density at radius 1 is 1.33 bits per heavy atom. The normalized spacial score (nSPS) is 11.9. The highest BCUT2D eigenvalue weighted by molar-refractivity contribution is 5.81. The second-order valence-electron chi connectivity index (χ2n) is 4.97. The van der Waals surface area contributed by atoms with E-state index in [9.17, 15) is 9.59 Å². The zero-order valence-electron chi connectivity index (χ0n) is 12.4. The maximum Gasteiger partial charge on any atom is 0.323 e. The molecule has 0 saturated carbocycles. The Kier molecular flexibility index (Phi) is 6.68. The minimum Gasteiger partial charge on any atom is -0.480 e. The molecule has 1 atom stereocenters. The molecule has 0 fully saturated rings. The van der Waals surface area contributed by atoms with Gasteiger partial charge in [-0.25, -0.2) is 0 Å². The van der Waals surface area contributed by atoms with E-state index in [1.54, 1.807) is 12.1 Å². The van der Waals surface area contributed by atoms with E-state index in [2.05, 4.69) is 0 Å². The third kappa shape index (κ3) is 5.83. The summed E-state index contributed by atoms with van der Waals surface area (Å²) in [6, 6.07) is 7.33. The summed E-state index contributed by atoms with van der Waals surface area (Å²) >= 11 is 0. The average molecular weight is 294 g/mol. The van der Waals surface area contributed by atoms with Gasteiger partial charge >= 0.3 is 5.97 Å². The summed E-state index contributed by atoms with van der Waals surface area (Å²) in [5, 5.41) is 8.87. The number of ether oxygens (including phenoxy) is 1. The molecule has 21 heavy (non-hydrogen) atoms. The molecule has 0 aliphatic rings. The van der Waals surface area contributed by atoms with Gasteiger partial charge in [0.1, 0.15) is 6.54 Å². The first kappa shape index (κ1) is 17.0. The first-order valence-electron chi connectivity index (χ1n) is 6.78. The van der Waals surface area contributed by atoms with Crippen LogP contribution in [0.25, 0.3) is 0 Å². The van der Waals surface area contributed by atoms with Crippen molar-refractivity contribution in [1.29, 1.82) is 0 Å². The van der Waals surface area contributed by atoms with E-state index in [0.717, 1.165) is 5.56 Å². The smallest absolute Gasteiger partial charge is 0.323 e. The SMILES string of the molecule is COCCN(CC(=O)O)C(=O)CC(C)c1ccc(N)cc1. The number of hydrogen-bond donors (Lipinski definition) is 2.